The van der Waals surface area contributed by atoms with Crippen molar-refractivity contribution in [3.63, 3.8) is 0 Å². The van der Waals surface area contributed by atoms with Crippen molar-refractivity contribution in [2.24, 2.45) is 10.7 Å². The molecular formula is C19H24IN3O2. The number of nitrogens with one attached hydrogen (secondary N) is 1. The molecule has 0 spiro atoms. The summed E-state index contributed by atoms with van der Waals surface area (Å²) in [6.07, 6.45) is 1.11. The van der Waals surface area contributed by atoms with E-state index in [9.17, 15) is 0 Å². The molecule has 1 aliphatic rings. The summed E-state index contributed by atoms with van der Waals surface area (Å²) < 4.78 is 11.3. The lowest BCUT2D eigenvalue weighted by Gasteiger charge is -2.10. The van der Waals surface area contributed by atoms with Gasteiger partial charge in [0.05, 0.1) is 13.7 Å². The molecule has 0 saturated heterocycles. The van der Waals surface area contributed by atoms with E-state index in [0.29, 0.717) is 12.5 Å². The highest BCUT2D eigenvalue weighted by Crippen LogP contribution is 2.35. The van der Waals surface area contributed by atoms with Crippen molar-refractivity contribution in [3.8, 4) is 11.5 Å². The zero-order chi connectivity index (χ0) is 17.1. The van der Waals surface area contributed by atoms with Gasteiger partial charge in [0.25, 0.3) is 0 Å². The molecule has 6 heteroatoms. The Hall–Kier alpha value is -1.96. The predicted octanol–water partition coefficient (Wildman–Crippen LogP) is 3.87. The van der Waals surface area contributed by atoms with E-state index in [0.717, 1.165) is 29.2 Å². The quantitative estimate of drug-likeness (QED) is 0.419. The zero-order valence-corrected chi connectivity index (χ0v) is 17.0. The third-order valence-corrected chi connectivity index (χ3v) is 4.01. The summed E-state index contributed by atoms with van der Waals surface area (Å²) in [7, 11) is 1.67. The summed E-state index contributed by atoms with van der Waals surface area (Å²) in [5, 5.41) is 3.11. The molecule has 0 aromatic heterocycles. The van der Waals surface area contributed by atoms with Gasteiger partial charge in [-0.1, -0.05) is 12.1 Å². The molecule has 25 heavy (non-hydrogen) atoms. The van der Waals surface area contributed by atoms with E-state index in [2.05, 4.69) is 17.2 Å². The first-order chi connectivity index (χ1) is 11.5. The number of fused-ring (bicyclic) bond motifs is 1. The lowest BCUT2D eigenvalue weighted by atomic mass is 10.1. The molecule has 0 amide bonds. The van der Waals surface area contributed by atoms with Crippen molar-refractivity contribution in [2.75, 3.05) is 12.4 Å². The van der Waals surface area contributed by atoms with Gasteiger partial charge in [-0.2, -0.15) is 0 Å². The Kier molecular flexibility index (Phi) is 6.52. The van der Waals surface area contributed by atoms with E-state index in [-0.39, 0.29) is 30.1 Å². The van der Waals surface area contributed by atoms with Crippen LogP contribution in [0.2, 0.25) is 0 Å². The number of hydrogen-bond acceptors (Lipinski definition) is 3. The van der Waals surface area contributed by atoms with E-state index in [4.69, 9.17) is 15.2 Å². The van der Waals surface area contributed by atoms with Gasteiger partial charge in [0.15, 0.2) is 5.96 Å². The first-order valence-electron chi connectivity index (χ1n) is 8.05. The minimum atomic E-state index is 0. The molecule has 1 aliphatic heterocycles. The number of anilines is 1. The molecule has 0 radical (unpaired) electrons. The number of halogens is 1. The van der Waals surface area contributed by atoms with Crippen molar-refractivity contribution in [3.05, 3.63) is 53.1 Å². The number of nitrogens with zero attached hydrogens (tertiary/aromatic N) is 1. The summed E-state index contributed by atoms with van der Waals surface area (Å²) in [4.78, 5) is 4.42. The summed E-state index contributed by atoms with van der Waals surface area (Å²) in [5.74, 6) is 2.11. The molecule has 3 rings (SSSR count). The van der Waals surface area contributed by atoms with Crippen LogP contribution in [-0.4, -0.2) is 19.2 Å². The van der Waals surface area contributed by atoms with Gasteiger partial charge < -0.3 is 20.5 Å². The first-order valence-corrected chi connectivity index (χ1v) is 8.05. The summed E-state index contributed by atoms with van der Waals surface area (Å²) in [6.45, 7) is 4.53. The van der Waals surface area contributed by atoms with Crippen LogP contribution in [0.15, 0.2) is 41.4 Å². The highest BCUT2D eigenvalue weighted by molar-refractivity contribution is 14.0. The van der Waals surface area contributed by atoms with Gasteiger partial charge in [-0.25, -0.2) is 4.99 Å². The minimum Gasteiger partial charge on any atom is -0.496 e. The van der Waals surface area contributed by atoms with Crippen LogP contribution in [0.3, 0.4) is 0 Å². The molecule has 134 valence electrons. The smallest absolute Gasteiger partial charge is 0.193 e. The number of nitrogens with two attached hydrogens (primary N) is 1. The third-order valence-electron chi connectivity index (χ3n) is 4.01. The number of ether oxygens (including phenoxy) is 2. The van der Waals surface area contributed by atoms with Crippen molar-refractivity contribution in [1.82, 2.24) is 0 Å². The average molecular weight is 453 g/mol. The second-order valence-electron chi connectivity index (χ2n) is 6.10. The van der Waals surface area contributed by atoms with Gasteiger partial charge in [-0.15, -0.1) is 24.0 Å². The average Bonchev–Trinajstić information content (AvgIpc) is 2.90. The molecule has 1 atom stereocenters. The SMILES string of the molecule is COc1cc2c(cc1CN=C(N)Nc1cccc(C)c1)OC(C)C2.I. The molecule has 2 aromatic rings. The van der Waals surface area contributed by atoms with Crippen molar-refractivity contribution < 1.29 is 9.47 Å². The Balaban J connectivity index is 0.00000225. The number of methoxy groups -OCH3 is 1. The Morgan fingerprint density at radius 1 is 1.36 bits per heavy atom. The van der Waals surface area contributed by atoms with Crippen molar-refractivity contribution in [1.29, 1.82) is 0 Å². The fourth-order valence-corrected chi connectivity index (χ4v) is 2.88. The molecule has 3 N–H and O–H groups in total. The van der Waals surface area contributed by atoms with Gasteiger partial charge >= 0.3 is 0 Å². The number of aliphatic imine (C=N–C) groups is 1. The van der Waals surface area contributed by atoms with Crippen LogP contribution in [0, 0.1) is 6.92 Å². The van der Waals surface area contributed by atoms with Gasteiger partial charge in [-0.3, -0.25) is 0 Å². The van der Waals surface area contributed by atoms with Gasteiger partial charge in [-0.05, 0) is 43.7 Å². The van der Waals surface area contributed by atoms with Crippen LogP contribution in [-0.2, 0) is 13.0 Å². The number of hydrogen-bond donors (Lipinski definition) is 2. The van der Waals surface area contributed by atoms with Gasteiger partial charge in [0.1, 0.15) is 17.6 Å². The lowest BCUT2D eigenvalue weighted by molar-refractivity contribution is 0.254. The topological polar surface area (TPSA) is 68.9 Å². The van der Waals surface area contributed by atoms with Crippen LogP contribution in [0.1, 0.15) is 23.6 Å². The van der Waals surface area contributed by atoms with Crippen molar-refractivity contribution >= 4 is 35.6 Å². The van der Waals surface area contributed by atoms with Gasteiger partial charge in [0, 0.05) is 23.2 Å². The third kappa shape index (κ3) is 4.78. The molecule has 2 aromatic carbocycles. The number of guanidine groups is 1. The standard InChI is InChI=1S/C19H23N3O2.HI/c1-12-5-4-6-16(7-12)22-19(20)21-11-15-10-18-14(8-13(2)24-18)9-17(15)23-3;/h4-7,9-10,13H,8,11H2,1-3H3,(H3,20,21,22);1H. The Morgan fingerprint density at radius 3 is 2.88 bits per heavy atom. The van der Waals surface area contributed by atoms with Crippen molar-refractivity contribution in [2.45, 2.75) is 32.9 Å². The Labute approximate surface area is 165 Å². The van der Waals surface area contributed by atoms with Crippen LogP contribution in [0.25, 0.3) is 0 Å². The Bertz CT molecular complexity index is 777. The molecule has 5 nitrogen and oxygen atoms in total. The van der Waals surface area contributed by atoms with E-state index in [1.165, 1.54) is 11.1 Å². The highest BCUT2D eigenvalue weighted by atomic mass is 127. The van der Waals surface area contributed by atoms with Crippen LogP contribution < -0.4 is 20.5 Å². The summed E-state index contributed by atoms with van der Waals surface area (Å²) >= 11 is 0. The second-order valence-corrected chi connectivity index (χ2v) is 6.10. The van der Waals surface area contributed by atoms with E-state index < -0.39 is 0 Å². The van der Waals surface area contributed by atoms with E-state index in [1.807, 2.05) is 43.3 Å². The maximum absolute atomic E-state index is 6.00. The van der Waals surface area contributed by atoms with E-state index >= 15 is 0 Å². The largest absolute Gasteiger partial charge is 0.496 e. The molecule has 1 heterocycles. The van der Waals surface area contributed by atoms with Crippen LogP contribution in [0.4, 0.5) is 5.69 Å². The fourth-order valence-electron chi connectivity index (χ4n) is 2.88. The Morgan fingerprint density at radius 2 is 2.16 bits per heavy atom. The molecule has 1 unspecified atom stereocenters. The molecule has 0 aliphatic carbocycles. The van der Waals surface area contributed by atoms with E-state index in [1.54, 1.807) is 7.11 Å². The lowest BCUT2D eigenvalue weighted by Crippen LogP contribution is -2.22. The maximum Gasteiger partial charge on any atom is 0.193 e. The molecule has 0 bridgehead atoms. The monoisotopic (exact) mass is 453 g/mol. The highest BCUT2D eigenvalue weighted by Gasteiger charge is 2.21. The second kappa shape index (κ2) is 8.42. The molecule has 0 fully saturated rings. The zero-order valence-electron chi connectivity index (χ0n) is 14.7. The summed E-state index contributed by atoms with van der Waals surface area (Å²) in [6, 6.07) is 12.0. The predicted molar refractivity (Wildman–Crippen MR) is 112 cm³/mol. The van der Waals surface area contributed by atoms with Gasteiger partial charge in [0.2, 0.25) is 0 Å². The molecular weight excluding hydrogens is 429 g/mol. The maximum atomic E-state index is 6.00. The number of benzene rings is 2. The van der Waals surface area contributed by atoms with Crippen LogP contribution >= 0.6 is 24.0 Å². The van der Waals surface area contributed by atoms with Crippen LogP contribution in [0.5, 0.6) is 11.5 Å². The number of aryl methyl sites for hydroxylation is 1. The fraction of sp³-hybridized carbons (Fsp3) is 0.316. The number of rotatable bonds is 4. The summed E-state index contributed by atoms with van der Waals surface area (Å²) in [5.41, 5.74) is 10.2. The normalized spacial score (nSPS) is 15.8. The first kappa shape index (κ1) is 19.4. The minimum absolute atomic E-state index is 0. The molecule has 0 saturated carbocycles.